The van der Waals surface area contributed by atoms with Crippen LogP contribution < -0.4 is 10.6 Å². The van der Waals surface area contributed by atoms with Crippen molar-refractivity contribution in [3.63, 3.8) is 0 Å². The summed E-state index contributed by atoms with van der Waals surface area (Å²) in [7, 11) is 0. The van der Waals surface area contributed by atoms with E-state index in [0.717, 1.165) is 42.0 Å². The molecule has 15 heteroatoms. The predicted octanol–water partition coefficient (Wildman–Crippen LogP) is 1.81. The van der Waals surface area contributed by atoms with E-state index in [0.29, 0.717) is 0 Å². The first-order chi connectivity index (χ1) is 21.9. The molecule has 1 aromatic carbocycles. The highest BCUT2D eigenvalue weighted by Gasteiger charge is 2.47. The molecule has 260 valence electrons. The molecule has 47 heavy (non-hydrogen) atoms. The smallest absolute Gasteiger partial charge is 0.418 e. The monoisotopic (exact) mass is 659 g/mol. The molecule has 3 amide bonds. The molecule has 0 radical (unpaired) electrons. The first-order valence-electron chi connectivity index (χ1n) is 16.2. The van der Waals surface area contributed by atoms with Crippen LogP contribution in [0.25, 0.3) is 10.8 Å². The first-order valence-corrected chi connectivity index (χ1v) is 16.2. The number of aryl methyl sites for hydroxylation is 1. The number of aliphatic hydroxyl groups excluding tert-OH is 1. The number of aliphatic hydroxyl groups is 1. The van der Waals surface area contributed by atoms with Crippen LogP contribution in [0.15, 0.2) is 30.6 Å². The number of hydrogen-bond donors (Lipinski definition) is 6. The number of carbonyl (C=O) groups is 4. The van der Waals surface area contributed by atoms with Crippen molar-refractivity contribution in [2.24, 2.45) is 10.8 Å². The average Bonchev–Trinajstić information content (AvgIpc) is 3.60. The van der Waals surface area contributed by atoms with E-state index in [2.05, 4.69) is 10.6 Å². The lowest BCUT2D eigenvalue weighted by molar-refractivity contribution is -0.142. The summed E-state index contributed by atoms with van der Waals surface area (Å²) in [5, 5.41) is 45.6. The minimum Gasteiger partial charge on any atom is -0.558 e. The van der Waals surface area contributed by atoms with Crippen LogP contribution in [-0.4, -0.2) is 104 Å². The Morgan fingerprint density at radius 1 is 1.15 bits per heavy atom. The van der Waals surface area contributed by atoms with Crippen LogP contribution in [0.4, 0.5) is 9.59 Å². The van der Waals surface area contributed by atoms with Crippen molar-refractivity contribution in [1.29, 1.82) is 0 Å². The molecule has 6 N–H and O–H groups in total. The van der Waals surface area contributed by atoms with Crippen molar-refractivity contribution in [3.8, 4) is 0 Å². The van der Waals surface area contributed by atoms with E-state index in [-0.39, 0.29) is 31.4 Å². The molecule has 2 aliphatic heterocycles. The molecule has 4 bridgehead atoms. The van der Waals surface area contributed by atoms with Crippen LogP contribution >= 0.6 is 0 Å². The number of ether oxygens (including phenoxy) is 2. The van der Waals surface area contributed by atoms with E-state index in [1.807, 2.05) is 32.0 Å². The molecule has 1 aromatic heterocycles. The Bertz CT molecular complexity index is 1460. The molecule has 1 saturated heterocycles. The third-order valence-corrected chi connectivity index (χ3v) is 8.93. The van der Waals surface area contributed by atoms with Gasteiger partial charge in [-0.1, -0.05) is 59.2 Å². The molecule has 0 saturated carbocycles. The van der Waals surface area contributed by atoms with E-state index in [9.17, 15) is 39.4 Å². The lowest BCUT2D eigenvalue weighted by Gasteiger charge is -2.37. The maximum atomic E-state index is 14.2. The Morgan fingerprint density at radius 2 is 1.87 bits per heavy atom. The van der Waals surface area contributed by atoms with Gasteiger partial charge < -0.3 is 45.2 Å². The third-order valence-electron chi connectivity index (χ3n) is 8.93. The normalized spacial score (nSPS) is 24.0. The number of nitrogens with zero attached hydrogens (tertiary/aromatic N) is 2. The van der Waals surface area contributed by atoms with E-state index < -0.39 is 66.9 Å². The number of carbonyl (C=O) groups excluding carboxylic acids is 4. The molecule has 0 spiro atoms. The summed E-state index contributed by atoms with van der Waals surface area (Å²) >= 11 is 0. The van der Waals surface area contributed by atoms with Crippen molar-refractivity contribution >= 4 is 41.5 Å². The molecule has 2 aliphatic rings. The summed E-state index contributed by atoms with van der Waals surface area (Å²) in [5.41, 5.74) is -0.107. The Balaban J connectivity index is 1.70. The van der Waals surface area contributed by atoms with Gasteiger partial charge in [-0.2, -0.15) is 0 Å². The van der Waals surface area contributed by atoms with Gasteiger partial charge in [0, 0.05) is 36.2 Å². The predicted molar refractivity (Wildman–Crippen MR) is 173 cm³/mol. The summed E-state index contributed by atoms with van der Waals surface area (Å²) in [6, 6.07) is 3.40. The Kier molecular flexibility index (Phi) is 10.9. The zero-order chi connectivity index (χ0) is 34.7. The molecular formula is C32H48BN4O10-. The first kappa shape index (κ1) is 36.2. The van der Waals surface area contributed by atoms with Crippen LogP contribution in [0.3, 0.4) is 0 Å². The van der Waals surface area contributed by atoms with Gasteiger partial charge in [-0.15, -0.1) is 0 Å². The van der Waals surface area contributed by atoms with Crippen LogP contribution in [0.1, 0.15) is 72.3 Å². The van der Waals surface area contributed by atoms with Crippen LogP contribution in [-0.2, 0) is 25.5 Å². The van der Waals surface area contributed by atoms with Crippen LogP contribution in [0.2, 0.25) is 0 Å². The quantitative estimate of drug-likeness (QED) is 0.257. The standard InChI is InChI=1S/C32H48BN4O10/c1-31(2,3)26-28(40)37-17-22(15-24(37)27(39)34-25(12-14-38)33(43,44)45)47-30(42)36-16-21-11-8-10-20(23(21)18-36)9-6-7-13-32(4,5)19-46-29(41)35-26/h8,10-11,16,18,22,24-26,38,43-45H,6-7,9,12-15,17,19H2,1-5H3,(H,34,39)(H,35,41)/q-1/t22-,24+,25+,26-/m1/s1. The Labute approximate surface area is 274 Å². The topological polar surface area (TPSA) is 200 Å². The minimum atomic E-state index is -4.07. The molecular weight excluding hydrogens is 611 g/mol. The summed E-state index contributed by atoms with van der Waals surface area (Å²) < 4.78 is 12.7. The molecule has 0 aliphatic carbocycles. The summed E-state index contributed by atoms with van der Waals surface area (Å²) in [4.78, 5) is 55.3. The highest BCUT2D eigenvalue weighted by molar-refractivity contribution is 6.58. The number of cyclic esters (lactones) is 1. The van der Waals surface area contributed by atoms with Crippen LogP contribution in [0, 0.1) is 10.8 Å². The van der Waals surface area contributed by atoms with E-state index in [1.54, 1.807) is 33.2 Å². The van der Waals surface area contributed by atoms with Gasteiger partial charge in [0.2, 0.25) is 11.8 Å². The maximum absolute atomic E-state index is 14.2. The van der Waals surface area contributed by atoms with E-state index >= 15 is 0 Å². The summed E-state index contributed by atoms with van der Waals surface area (Å²) in [6.07, 6.45) is 3.72. The summed E-state index contributed by atoms with van der Waals surface area (Å²) in [6.45, 7) is 4.49. The summed E-state index contributed by atoms with van der Waals surface area (Å²) in [5.74, 6) is -3.15. The Hall–Kier alpha value is -3.66. The number of aromatic nitrogens is 1. The molecule has 2 aromatic rings. The van der Waals surface area contributed by atoms with Gasteiger partial charge in [-0.25, -0.2) is 9.59 Å². The molecule has 1 fully saturated rings. The number of fused-ring (bicyclic) bond motifs is 3. The minimum absolute atomic E-state index is 0.119. The van der Waals surface area contributed by atoms with Gasteiger partial charge in [0.05, 0.1) is 13.2 Å². The second kappa shape index (κ2) is 14.2. The zero-order valence-corrected chi connectivity index (χ0v) is 27.8. The van der Waals surface area contributed by atoms with E-state index in [1.165, 1.54) is 9.47 Å². The van der Waals surface area contributed by atoms with E-state index in [4.69, 9.17) is 9.47 Å². The lowest BCUT2D eigenvalue weighted by Crippen LogP contribution is -2.62. The lowest BCUT2D eigenvalue weighted by atomic mass is 9.68. The third kappa shape index (κ3) is 9.03. The molecule has 0 unspecified atom stereocenters. The average molecular weight is 660 g/mol. The number of alkyl carbamates (subject to hydrolysis) is 1. The highest BCUT2D eigenvalue weighted by atomic mass is 16.6. The van der Waals surface area contributed by atoms with Gasteiger partial charge in [0.1, 0.15) is 18.2 Å². The fourth-order valence-corrected chi connectivity index (χ4v) is 6.18. The van der Waals surface area contributed by atoms with Crippen molar-refractivity contribution in [2.45, 2.75) is 97.3 Å². The second-order valence-electron chi connectivity index (χ2n) is 14.6. The van der Waals surface area contributed by atoms with Crippen molar-refractivity contribution in [2.75, 3.05) is 19.8 Å². The molecule has 14 nitrogen and oxygen atoms in total. The van der Waals surface area contributed by atoms with Gasteiger partial charge in [-0.3, -0.25) is 14.2 Å². The fourth-order valence-electron chi connectivity index (χ4n) is 6.18. The number of rotatable bonds is 5. The van der Waals surface area contributed by atoms with Crippen molar-refractivity contribution in [1.82, 2.24) is 20.1 Å². The largest absolute Gasteiger partial charge is 0.558 e. The van der Waals surface area contributed by atoms with Gasteiger partial charge in [0.25, 0.3) is 0 Å². The molecule has 3 heterocycles. The number of amides is 3. The highest BCUT2D eigenvalue weighted by Crippen LogP contribution is 2.30. The number of nitrogens with one attached hydrogen (secondary N) is 2. The number of hydrogen-bond acceptors (Lipinski definition) is 10. The fraction of sp³-hybridized carbons (Fsp3) is 0.625. The second-order valence-corrected chi connectivity index (χ2v) is 14.6. The Morgan fingerprint density at radius 3 is 2.53 bits per heavy atom. The van der Waals surface area contributed by atoms with Crippen LogP contribution in [0.5, 0.6) is 0 Å². The molecule has 4 atom stereocenters. The SMILES string of the molecule is CC1(C)CCCCc2cccc3cn(cc23)C(=O)O[C@@H]2C[C@@H](C(=O)N[C@@H](CCO)[B-](O)(O)O)N(C2)C(=O)[C@H](C(C)(C)C)NC(=O)OC1. The zero-order valence-electron chi connectivity index (χ0n) is 27.8. The van der Waals surface area contributed by atoms with Gasteiger partial charge in [-0.05, 0) is 48.0 Å². The maximum Gasteiger partial charge on any atom is 0.418 e. The number of benzene rings is 1. The van der Waals surface area contributed by atoms with Gasteiger partial charge >= 0.3 is 18.9 Å². The van der Waals surface area contributed by atoms with Crippen molar-refractivity contribution < 1.29 is 48.8 Å². The van der Waals surface area contributed by atoms with Crippen molar-refractivity contribution in [3.05, 3.63) is 36.2 Å². The molecule has 4 rings (SSSR count). The van der Waals surface area contributed by atoms with Gasteiger partial charge in [0.15, 0.2) is 0 Å².